The van der Waals surface area contributed by atoms with Crippen LogP contribution in [-0.4, -0.2) is 40.9 Å². The van der Waals surface area contributed by atoms with E-state index >= 15 is 0 Å². The Morgan fingerprint density at radius 2 is 1.76 bits per heavy atom. The van der Waals surface area contributed by atoms with E-state index in [4.69, 9.17) is 5.11 Å². The Morgan fingerprint density at radius 3 is 2.44 bits per heavy atom. The molecule has 0 bridgehead atoms. The van der Waals surface area contributed by atoms with E-state index in [2.05, 4.69) is 5.32 Å². The van der Waals surface area contributed by atoms with Crippen LogP contribution in [0, 0.1) is 11.8 Å². The Hall–Kier alpha value is -2.37. The molecule has 0 spiro atoms. The number of benzene rings is 1. The lowest BCUT2D eigenvalue weighted by Gasteiger charge is -2.26. The lowest BCUT2D eigenvalue weighted by atomic mass is 10.0. The summed E-state index contributed by atoms with van der Waals surface area (Å²) in [6, 6.07) is 7.00. The van der Waals surface area contributed by atoms with Crippen LogP contribution in [0.15, 0.2) is 24.3 Å². The molecule has 0 unspecified atom stereocenters. The van der Waals surface area contributed by atoms with Gasteiger partial charge in [0, 0.05) is 30.3 Å². The molecule has 1 aliphatic carbocycles. The average molecular weight is 344 g/mol. The van der Waals surface area contributed by atoms with Crippen LogP contribution >= 0.6 is 0 Å². The standard InChI is InChI=1S/C19H24N2O4/c22-17(13-7-8-15(11-13)19(24)25)20-16-6-4-5-14(12-16)18(23)21-9-2-1-3-10-21/h4-6,12-13,15H,1-3,7-11H2,(H,20,22)(H,24,25)/t13-,15+/m0/s1. The zero-order valence-corrected chi connectivity index (χ0v) is 14.2. The van der Waals surface area contributed by atoms with Crippen molar-refractivity contribution >= 4 is 23.5 Å². The molecule has 1 saturated heterocycles. The first-order valence-electron chi connectivity index (χ1n) is 8.97. The second-order valence-corrected chi connectivity index (χ2v) is 6.97. The van der Waals surface area contributed by atoms with Gasteiger partial charge in [-0.05, 0) is 56.7 Å². The summed E-state index contributed by atoms with van der Waals surface area (Å²) < 4.78 is 0. The molecule has 2 fully saturated rings. The molecule has 2 amide bonds. The normalized spacial score (nSPS) is 23.3. The number of likely N-dealkylation sites (tertiary alicyclic amines) is 1. The molecule has 134 valence electrons. The van der Waals surface area contributed by atoms with Crippen molar-refractivity contribution < 1.29 is 19.5 Å². The molecule has 3 rings (SSSR count). The third kappa shape index (κ3) is 4.18. The van der Waals surface area contributed by atoms with Gasteiger partial charge in [0.05, 0.1) is 5.92 Å². The minimum atomic E-state index is -0.829. The number of carbonyl (C=O) groups is 3. The van der Waals surface area contributed by atoms with Crippen LogP contribution in [-0.2, 0) is 9.59 Å². The molecule has 0 radical (unpaired) electrons. The molecule has 1 aliphatic heterocycles. The summed E-state index contributed by atoms with van der Waals surface area (Å²) in [4.78, 5) is 37.8. The minimum absolute atomic E-state index is 0.00241. The van der Waals surface area contributed by atoms with E-state index in [1.54, 1.807) is 24.3 Å². The van der Waals surface area contributed by atoms with Crippen LogP contribution in [0.25, 0.3) is 0 Å². The molecular weight excluding hydrogens is 320 g/mol. The summed E-state index contributed by atoms with van der Waals surface area (Å²) in [5.41, 5.74) is 1.17. The highest BCUT2D eigenvalue weighted by Gasteiger charge is 2.33. The van der Waals surface area contributed by atoms with Crippen molar-refractivity contribution in [2.75, 3.05) is 18.4 Å². The van der Waals surface area contributed by atoms with Crippen molar-refractivity contribution in [3.8, 4) is 0 Å². The fourth-order valence-corrected chi connectivity index (χ4v) is 3.70. The maximum Gasteiger partial charge on any atom is 0.306 e. The van der Waals surface area contributed by atoms with E-state index in [0.29, 0.717) is 30.5 Å². The van der Waals surface area contributed by atoms with Crippen LogP contribution < -0.4 is 5.32 Å². The summed E-state index contributed by atoms with van der Waals surface area (Å²) in [5, 5.41) is 11.9. The lowest BCUT2D eigenvalue weighted by molar-refractivity contribution is -0.141. The molecule has 1 heterocycles. The highest BCUT2D eigenvalue weighted by atomic mass is 16.4. The van der Waals surface area contributed by atoms with Crippen LogP contribution in [0.4, 0.5) is 5.69 Å². The first-order chi connectivity index (χ1) is 12.0. The minimum Gasteiger partial charge on any atom is -0.481 e. The molecular formula is C19H24N2O4. The van der Waals surface area contributed by atoms with E-state index < -0.39 is 11.9 Å². The second kappa shape index (κ2) is 7.68. The Balaban J connectivity index is 1.62. The Kier molecular flexibility index (Phi) is 5.36. The quantitative estimate of drug-likeness (QED) is 0.879. The third-order valence-electron chi connectivity index (χ3n) is 5.17. The highest BCUT2D eigenvalue weighted by molar-refractivity contribution is 5.98. The predicted molar refractivity (Wildman–Crippen MR) is 93.3 cm³/mol. The molecule has 2 atom stereocenters. The third-order valence-corrected chi connectivity index (χ3v) is 5.17. The molecule has 1 saturated carbocycles. The molecule has 6 nitrogen and oxygen atoms in total. The van der Waals surface area contributed by atoms with Gasteiger partial charge in [-0.3, -0.25) is 14.4 Å². The van der Waals surface area contributed by atoms with E-state index in [9.17, 15) is 14.4 Å². The number of amides is 2. The fourth-order valence-electron chi connectivity index (χ4n) is 3.70. The summed E-state index contributed by atoms with van der Waals surface area (Å²) in [7, 11) is 0. The smallest absolute Gasteiger partial charge is 0.306 e. The van der Waals surface area contributed by atoms with Gasteiger partial charge in [-0.1, -0.05) is 6.07 Å². The Bertz CT molecular complexity index is 667. The number of aliphatic carboxylic acids is 1. The van der Waals surface area contributed by atoms with Crippen LogP contribution in [0.2, 0.25) is 0 Å². The van der Waals surface area contributed by atoms with Gasteiger partial charge >= 0.3 is 5.97 Å². The van der Waals surface area contributed by atoms with Crippen LogP contribution in [0.5, 0.6) is 0 Å². The van der Waals surface area contributed by atoms with Gasteiger partial charge in [-0.15, -0.1) is 0 Å². The van der Waals surface area contributed by atoms with Crippen molar-refractivity contribution in [3.05, 3.63) is 29.8 Å². The van der Waals surface area contributed by atoms with Gasteiger partial charge in [-0.2, -0.15) is 0 Å². The average Bonchev–Trinajstić information content (AvgIpc) is 3.13. The molecule has 2 aliphatic rings. The summed E-state index contributed by atoms with van der Waals surface area (Å²) >= 11 is 0. The molecule has 1 aromatic rings. The van der Waals surface area contributed by atoms with Gasteiger partial charge in [0.2, 0.25) is 5.91 Å². The number of hydrogen-bond donors (Lipinski definition) is 2. The zero-order valence-electron chi connectivity index (χ0n) is 14.2. The Morgan fingerprint density at radius 1 is 1.04 bits per heavy atom. The highest BCUT2D eigenvalue weighted by Crippen LogP contribution is 2.32. The van der Waals surface area contributed by atoms with E-state index in [0.717, 1.165) is 25.9 Å². The van der Waals surface area contributed by atoms with E-state index in [1.807, 2.05) is 4.90 Å². The largest absolute Gasteiger partial charge is 0.481 e. The predicted octanol–water partition coefficient (Wildman–Crippen LogP) is 2.75. The van der Waals surface area contributed by atoms with Crippen LogP contribution in [0.1, 0.15) is 48.9 Å². The fraction of sp³-hybridized carbons (Fsp3) is 0.526. The molecule has 2 N–H and O–H groups in total. The summed E-state index contributed by atoms with van der Waals surface area (Å²) in [6.07, 6.45) is 4.76. The number of nitrogens with zero attached hydrogens (tertiary/aromatic N) is 1. The van der Waals surface area contributed by atoms with Crippen molar-refractivity contribution in [2.24, 2.45) is 11.8 Å². The monoisotopic (exact) mass is 344 g/mol. The number of carboxylic acid groups (broad SMARTS) is 1. The second-order valence-electron chi connectivity index (χ2n) is 6.97. The van der Waals surface area contributed by atoms with Crippen molar-refractivity contribution in [2.45, 2.75) is 38.5 Å². The number of carboxylic acids is 1. The first kappa shape index (κ1) is 17.5. The van der Waals surface area contributed by atoms with Crippen molar-refractivity contribution in [1.82, 2.24) is 4.90 Å². The SMILES string of the molecule is O=C(O)[C@@H]1CC[C@H](C(=O)Nc2cccc(C(=O)N3CCCCC3)c2)C1. The first-order valence-corrected chi connectivity index (χ1v) is 8.97. The number of anilines is 1. The number of carbonyl (C=O) groups excluding carboxylic acids is 2. The molecule has 6 heteroatoms. The van der Waals surface area contributed by atoms with Crippen molar-refractivity contribution in [3.63, 3.8) is 0 Å². The molecule has 0 aromatic heterocycles. The van der Waals surface area contributed by atoms with Gasteiger partial charge in [0.15, 0.2) is 0 Å². The number of hydrogen-bond acceptors (Lipinski definition) is 3. The number of nitrogens with one attached hydrogen (secondary N) is 1. The summed E-state index contributed by atoms with van der Waals surface area (Å²) in [5.74, 6) is -1.69. The van der Waals surface area contributed by atoms with Crippen molar-refractivity contribution in [1.29, 1.82) is 0 Å². The summed E-state index contributed by atoms with van der Waals surface area (Å²) in [6.45, 7) is 1.57. The topological polar surface area (TPSA) is 86.7 Å². The van der Waals surface area contributed by atoms with Gasteiger partial charge in [-0.25, -0.2) is 0 Å². The molecule has 25 heavy (non-hydrogen) atoms. The lowest BCUT2D eigenvalue weighted by Crippen LogP contribution is -2.35. The number of piperidine rings is 1. The van der Waals surface area contributed by atoms with Crippen LogP contribution in [0.3, 0.4) is 0 Å². The zero-order chi connectivity index (χ0) is 17.8. The maximum absolute atomic E-state index is 12.6. The van der Waals surface area contributed by atoms with E-state index in [1.165, 1.54) is 6.42 Å². The number of rotatable bonds is 4. The Labute approximate surface area is 147 Å². The molecule has 1 aromatic carbocycles. The van der Waals surface area contributed by atoms with Gasteiger partial charge in [0.1, 0.15) is 0 Å². The van der Waals surface area contributed by atoms with E-state index in [-0.39, 0.29) is 17.7 Å². The van der Waals surface area contributed by atoms with Gasteiger partial charge < -0.3 is 15.3 Å². The van der Waals surface area contributed by atoms with Gasteiger partial charge in [0.25, 0.3) is 5.91 Å². The maximum atomic E-state index is 12.6.